The lowest BCUT2D eigenvalue weighted by Gasteiger charge is -2.25. The van der Waals surface area contributed by atoms with E-state index in [1.807, 2.05) is 13.8 Å². The van der Waals surface area contributed by atoms with Crippen LogP contribution in [-0.4, -0.2) is 15.0 Å². The Labute approximate surface area is 553 Å². The zero-order valence-corrected chi connectivity index (χ0v) is 55.1. The van der Waals surface area contributed by atoms with Crippen molar-refractivity contribution in [2.24, 2.45) is 0 Å². The van der Waals surface area contributed by atoms with Gasteiger partial charge < -0.3 is 0 Å². The lowest BCUT2D eigenvalue weighted by molar-refractivity contribution is 0.590. The fraction of sp³-hybridized carbons (Fsp3) is 0.167. The van der Waals surface area contributed by atoms with Gasteiger partial charge in [-0.05, 0) is 171 Å². The summed E-state index contributed by atoms with van der Waals surface area (Å²) < 4.78 is 0. The first-order chi connectivity index (χ1) is 44.5. The lowest BCUT2D eigenvalue weighted by Crippen LogP contribution is -2.11. The third kappa shape index (κ3) is 13.8. The summed E-state index contributed by atoms with van der Waals surface area (Å²) in [5, 5.41) is 0. The summed E-state index contributed by atoms with van der Waals surface area (Å²) in [5.74, 6) is 0. The molecule has 3 aromatic heterocycles. The predicted octanol–water partition coefficient (Wildman–Crippen LogP) is 25.4. The van der Waals surface area contributed by atoms with Gasteiger partial charge in [0, 0.05) is 52.0 Å². The van der Waals surface area contributed by atoms with Crippen molar-refractivity contribution >= 4 is 0 Å². The highest BCUT2D eigenvalue weighted by Crippen LogP contribution is 2.49. The number of aromatic nitrogens is 3. The molecule has 0 bridgehead atoms. The Hall–Kier alpha value is -10.4. The lowest BCUT2D eigenvalue weighted by atomic mass is 9.79. The van der Waals surface area contributed by atoms with Crippen molar-refractivity contribution < 1.29 is 0 Å². The molecule has 13 rings (SSSR count). The van der Waals surface area contributed by atoms with Crippen LogP contribution in [0.5, 0.6) is 0 Å². The molecule has 3 heteroatoms. The summed E-state index contributed by atoms with van der Waals surface area (Å²) in [6.07, 6.45) is 6.34. The number of nitrogens with zero attached hydrogens (tertiary/aromatic N) is 3. The zero-order valence-electron chi connectivity index (χ0n) is 55.1. The molecule has 0 saturated carbocycles. The van der Waals surface area contributed by atoms with Gasteiger partial charge in [-0.25, -0.2) is 0 Å². The molecule has 0 amide bonds. The van der Waals surface area contributed by atoms with Gasteiger partial charge in [-0.15, -0.1) is 0 Å². The van der Waals surface area contributed by atoms with Crippen LogP contribution in [0.15, 0.2) is 292 Å². The number of rotatable bonds is 12. The molecule has 0 spiro atoms. The second kappa shape index (κ2) is 27.2. The Morgan fingerprint density at radius 3 is 0.624 bits per heavy atom. The van der Waals surface area contributed by atoms with Crippen LogP contribution < -0.4 is 0 Å². The summed E-state index contributed by atoms with van der Waals surface area (Å²) in [7, 11) is 0. The first-order valence-electron chi connectivity index (χ1n) is 32.5. The first-order valence-corrected chi connectivity index (χ1v) is 32.5. The van der Waals surface area contributed by atoms with E-state index in [1.165, 1.54) is 16.7 Å². The monoisotopic (exact) mass is 1210 g/mol. The molecule has 0 saturated heterocycles. The highest BCUT2D eigenvalue weighted by molar-refractivity contribution is 6.00. The maximum absolute atomic E-state index is 5.32. The topological polar surface area (TPSA) is 38.7 Å². The zero-order chi connectivity index (χ0) is 64.2. The maximum atomic E-state index is 5.32. The Morgan fingerprint density at radius 1 is 0.194 bits per heavy atom. The van der Waals surface area contributed by atoms with E-state index in [2.05, 4.69) is 354 Å². The van der Waals surface area contributed by atoms with Crippen molar-refractivity contribution in [2.45, 2.75) is 99.8 Å². The molecule has 0 aliphatic carbocycles. The second-order valence-electron chi connectivity index (χ2n) is 26.9. The van der Waals surface area contributed by atoms with Crippen molar-refractivity contribution in [1.29, 1.82) is 0 Å². The first kappa shape index (κ1) is 64.2. The van der Waals surface area contributed by atoms with E-state index >= 15 is 0 Å². The van der Waals surface area contributed by atoms with Gasteiger partial charge in [-0.2, -0.15) is 0 Å². The minimum Gasteiger partial charge on any atom is -0.256 e. The molecule has 0 aliphatic heterocycles. The molecule has 0 N–H and O–H groups in total. The third-order valence-corrected chi connectivity index (χ3v) is 17.6. The number of benzene rings is 10. The van der Waals surface area contributed by atoms with E-state index in [-0.39, 0.29) is 23.7 Å². The number of hydrogen-bond acceptors (Lipinski definition) is 3. The normalized spacial score (nSPS) is 11.5. The smallest absolute Gasteiger partial charge is 0.0708 e. The van der Waals surface area contributed by atoms with Crippen LogP contribution in [0.1, 0.15) is 100 Å². The van der Waals surface area contributed by atoms with Gasteiger partial charge in [0.05, 0.1) is 17.1 Å². The highest BCUT2D eigenvalue weighted by atomic mass is 14.7. The SMILES string of the molecule is C.CC.CC(C)(C)c1ccc(-c2cc(-c3ccc(C(C)(C)C)cc3-c3cnc(-c4ccccc4)cc3-c3ccccc3)cc(-c3ccc(C(C)(C)C)cc3-c3cnc(-c4ccccc4)cc3-c3ccccc3)c2)c(-c2cnc(-c3ccccc3)cc2-c2ccccc2)c1. The fourth-order valence-corrected chi connectivity index (χ4v) is 12.4. The van der Waals surface area contributed by atoms with Crippen molar-refractivity contribution in [2.75, 3.05) is 0 Å². The van der Waals surface area contributed by atoms with Crippen LogP contribution in [0.2, 0.25) is 0 Å². The molecule has 0 aliphatic rings. The Kier molecular flexibility index (Phi) is 18.8. The van der Waals surface area contributed by atoms with Crippen LogP contribution in [0.4, 0.5) is 0 Å². The molecule has 3 nitrogen and oxygen atoms in total. The molecule has 0 radical (unpaired) electrons. The summed E-state index contributed by atoms with van der Waals surface area (Å²) in [4.78, 5) is 16.0. The van der Waals surface area contributed by atoms with Crippen LogP contribution in [0.25, 0.3) is 134 Å². The van der Waals surface area contributed by atoms with Gasteiger partial charge in [-0.1, -0.05) is 302 Å². The van der Waals surface area contributed by atoms with Gasteiger partial charge in [-0.3, -0.25) is 15.0 Å². The molecular weight excluding hydrogens is 1120 g/mol. The molecule has 0 fully saturated rings. The summed E-state index contributed by atoms with van der Waals surface area (Å²) >= 11 is 0. The molecule has 10 aromatic carbocycles. The van der Waals surface area contributed by atoms with Crippen molar-refractivity contribution in [3.8, 4) is 134 Å². The third-order valence-electron chi connectivity index (χ3n) is 17.6. The standard InChI is InChI=1S/C87H75N3.C2H6.CH4/c1-85(2,3)67-40-43-70(76(49-67)79-55-88-82(61-34-22-13-23-35-61)52-73(79)58-28-16-10-17-29-58)64-46-65(71-44-41-68(86(4,5)6)50-77(71)80-56-89-83(62-36-24-14-25-37-62)53-74(80)59-30-18-11-19-31-59)48-66(47-64)72-45-42-69(87(7,8)9)51-78(72)81-57-90-84(63-38-26-15-27-39-63)54-75(81)60-32-20-12-21-33-60;1-2;/h10-57H,1-9H3;1-2H3;1H4. The van der Waals surface area contributed by atoms with E-state index in [0.29, 0.717) is 0 Å². The van der Waals surface area contributed by atoms with Gasteiger partial charge in [0.1, 0.15) is 0 Å². The molecule has 0 atom stereocenters. The highest BCUT2D eigenvalue weighted by Gasteiger charge is 2.26. The number of pyridine rings is 3. The fourth-order valence-electron chi connectivity index (χ4n) is 12.4. The maximum Gasteiger partial charge on any atom is 0.0708 e. The molecule has 3 heterocycles. The Bertz CT molecular complexity index is 4210. The minimum absolute atomic E-state index is 0. The van der Waals surface area contributed by atoms with Gasteiger partial charge in [0.25, 0.3) is 0 Å². The average Bonchev–Trinajstić information content (AvgIpc) is 0.793. The van der Waals surface area contributed by atoms with E-state index in [9.17, 15) is 0 Å². The van der Waals surface area contributed by atoms with Crippen molar-refractivity contribution in [3.63, 3.8) is 0 Å². The predicted molar refractivity (Wildman–Crippen MR) is 399 cm³/mol. The van der Waals surface area contributed by atoms with Gasteiger partial charge in [0.15, 0.2) is 0 Å². The second-order valence-corrected chi connectivity index (χ2v) is 26.9. The van der Waals surface area contributed by atoms with Gasteiger partial charge in [0.2, 0.25) is 0 Å². The minimum atomic E-state index is -0.154. The van der Waals surface area contributed by atoms with Crippen molar-refractivity contribution in [1.82, 2.24) is 15.0 Å². The average molecular weight is 1210 g/mol. The quantitative estimate of drug-likeness (QED) is 0.122. The Morgan fingerprint density at radius 2 is 0.409 bits per heavy atom. The van der Waals surface area contributed by atoms with Crippen molar-refractivity contribution in [3.05, 3.63) is 308 Å². The number of hydrogen-bond donors (Lipinski definition) is 0. The summed E-state index contributed by atoms with van der Waals surface area (Å²) in [6.45, 7) is 24.8. The van der Waals surface area contributed by atoms with Crippen LogP contribution in [0.3, 0.4) is 0 Å². The van der Waals surface area contributed by atoms with E-state index in [1.54, 1.807) is 0 Å². The Balaban J connectivity index is 0.00000292. The van der Waals surface area contributed by atoms with E-state index < -0.39 is 0 Å². The molecular formula is C90H85N3. The molecule has 93 heavy (non-hydrogen) atoms. The summed E-state index contributed by atoms with van der Waals surface area (Å²) in [5.41, 5.74) is 29.1. The largest absolute Gasteiger partial charge is 0.256 e. The van der Waals surface area contributed by atoms with Crippen LogP contribution in [0, 0.1) is 0 Å². The summed E-state index contributed by atoms with van der Waals surface area (Å²) in [6, 6.07) is 99.6. The van der Waals surface area contributed by atoms with Crippen LogP contribution >= 0.6 is 0 Å². The molecule has 460 valence electrons. The van der Waals surface area contributed by atoms with Gasteiger partial charge >= 0.3 is 0 Å². The molecule has 13 aromatic rings. The molecule has 0 unspecified atom stereocenters. The van der Waals surface area contributed by atoms with Crippen LogP contribution in [-0.2, 0) is 16.2 Å². The van der Waals surface area contributed by atoms with E-state index in [0.717, 1.165) is 134 Å². The van der Waals surface area contributed by atoms with E-state index in [4.69, 9.17) is 15.0 Å².